The summed E-state index contributed by atoms with van der Waals surface area (Å²) in [6.07, 6.45) is 0. The van der Waals surface area contributed by atoms with Crippen molar-refractivity contribution in [1.82, 2.24) is 0 Å². The minimum atomic E-state index is -3.77. The van der Waals surface area contributed by atoms with Gasteiger partial charge in [-0.1, -0.05) is 11.6 Å². The molecule has 0 unspecified atom stereocenters. The molecule has 0 aliphatic heterocycles. The monoisotopic (exact) mass is 333 g/mol. The van der Waals surface area contributed by atoms with Gasteiger partial charge < -0.3 is 9.84 Å². The second-order valence-electron chi connectivity index (χ2n) is 4.01. The number of phenols is 1. The van der Waals surface area contributed by atoms with Crippen molar-refractivity contribution in [1.29, 1.82) is 0 Å². The van der Waals surface area contributed by atoms with E-state index in [1.165, 1.54) is 25.3 Å². The number of rotatable bonds is 4. The van der Waals surface area contributed by atoms with Gasteiger partial charge in [0, 0.05) is 6.07 Å². The van der Waals surface area contributed by atoms with E-state index in [1.54, 1.807) is 13.0 Å². The molecular formula is C12H12ClNO4S2. The van der Waals surface area contributed by atoms with Crippen LogP contribution in [0.1, 0.15) is 5.56 Å². The lowest BCUT2D eigenvalue weighted by molar-refractivity contribution is 0.408. The van der Waals surface area contributed by atoms with Crippen molar-refractivity contribution in [3.63, 3.8) is 0 Å². The van der Waals surface area contributed by atoms with Gasteiger partial charge >= 0.3 is 0 Å². The van der Waals surface area contributed by atoms with Gasteiger partial charge in [0.15, 0.2) is 0 Å². The Morgan fingerprint density at radius 3 is 2.55 bits per heavy atom. The molecule has 0 amide bonds. The van der Waals surface area contributed by atoms with Crippen molar-refractivity contribution in [3.8, 4) is 11.5 Å². The maximum Gasteiger partial charge on any atom is 0.271 e. The molecule has 2 N–H and O–H groups in total. The molecule has 1 aromatic carbocycles. The highest BCUT2D eigenvalue weighted by Crippen LogP contribution is 2.34. The molecule has 5 nitrogen and oxygen atoms in total. The number of benzene rings is 1. The Labute approximate surface area is 125 Å². The number of phenolic OH excluding ortho intramolecular Hbond substituents is 1. The van der Waals surface area contributed by atoms with Crippen LogP contribution in [-0.4, -0.2) is 20.6 Å². The molecule has 2 aromatic rings. The Hall–Kier alpha value is -1.44. The zero-order chi connectivity index (χ0) is 14.9. The van der Waals surface area contributed by atoms with E-state index < -0.39 is 10.0 Å². The van der Waals surface area contributed by atoms with Gasteiger partial charge in [-0.05, 0) is 30.7 Å². The van der Waals surface area contributed by atoms with E-state index >= 15 is 0 Å². The Bertz CT molecular complexity index is 720. The van der Waals surface area contributed by atoms with Crippen molar-refractivity contribution in [2.45, 2.75) is 11.1 Å². The largest absolute Gasteiger partial charge is 0.506 e. The summed E-state index contributed by atoms with van der Waals surface area (Å²) in [4.78, 5) is 0. The molecule has 0 saturated heterocycles. The zero-order valence-electron chi connectivity index (χ0n) is 10.7. The number of anilines is 1. The van der Waals surface area contributed by atoms with Gasteiger partial charge in [-0.25, -0.2) is 8.42 Å². The Morgan fingerprint density at radius 2 is 2.05 bits per heavy atom. The number of hydrogen-bond acceptors (Lipinski definition) is 5. The number of thiophene rings is 1. The molecule has 0 aliphatic carbocycles. The first-order chi connectivity index (χ1) is 9.33. The molecule has 20 heavy (non-hydrogen) atoms. The molecule has 1 aromatic heterocycles. The van der Waals surface area contributed by atoms with Crippen molar-refractivity contribution in [2.24, 2.45) is 0 Å². The van der Waals surface area contributed by atoms with Crippen molar-refractivity contribution in [2.75, 3.05) is 11.8 Å². The molecule has 0 fully saturated rings. The number of nitrogens with one attached hydrogen (secondary N) is 1. The van der Waals surface area contributed by atoms with E-state index in [2.05, 4.69) is 4.72 Å². The fraction of sp³-hybridized carbons (Fsp3) is 0.167. The summed E-state index contributed by atoms with van der Waals surface area (Å²) < 4.78 is 32.1. The third kappa shape index (κ3) is 3.00. The van der Waals surface area contributed by atoms with Crippen molar-refractivity contribution >= 4 is 38.6 Å². The maximum absolute atomic E-state index is 12.2. The Kier molecular flexibility index (Phi) is 4.12. The van der Waals surface area contributed by atoms with E-state index in [1.807, 2.05) is 0 Å². The second kappa shape index (κ2) is 5.51. The molecular weight excluding hydrogens is 322 g/mol. The molecule has 0 bridgehead atoms. The third-order valence-corrected chi connectivity index (χ3v) is 5.94. The van der Waals surface area contributed by atoms with Crippen LogP contribution >= 0.6 is 22.9 Å². The minimum absolute atomic E-state index is 0.0768. The first-order valence-corrected chi connectivity index (χ1v) is 8.17. The van der Waals surface area contributed by atoms with E-state index in [-0.39, 0.29) is 15.6 Å². The lowest BCUT2D eigenvalue weighted by atomic mass is 10.3. The quantitative estimate of drug-likeness (QED) is 0.842. The number of halogens is 1. The van der Waals surface area contributed by atoms with Crippen LogP contribution in [0, 0.1) is 6.92 Å². The van der Waals surface area contributed by atoms with Crippen LogP contribution in [0.4, 0.5) is 5.69 Å². The molecule has 0 spiro atoms. The SMILES string of the molecule is COc1ccc(NS(=O)(=O)c2cc(C)c(Cl)s2)c(O)c1. The lowest BCUT2D eigenvalue weighted by Crippen LogP contribution is -2.11. The highest BCUT2D eigenvalue weighted by molar-refractivity contribution is 7.94. The van der Waals surface area contributed by atoms with Crippen molar-refractivity contribution < 1.29 is 18.3 Å². The predicted octanol–water partition coefficient (Wildman–Crippen LogP) is 3.22. The van der Waals surface area contributed by atoms with Gasteiger partial charge in [0.05, 0.1) is 17.1 Å². The van der Waals surface area contributed by atoms with E-state index in [0.29, 0.717) is 15.6 Å². The van der Waals surface area contributed by atoms with E-state index in [0.717, 1.165) is 11.3 Å². The standard InChI is InChI=1S/C12H12ClNO4S2/c1-7-5-11(19-12(7)13)20(16,17)14-9-4-3-8(18-2)6-10(9)15/h3-6,14-15H,1-2H3. The van der Waals surface area contributed by atoms with Crippen molar-refractivity contribution in [3.05, 3.63) is 34.2 Å². The number of hydrogen-bond donors (Lipinski definition) is 2. The number of aromatic hydroxyl groups is 1. The molecule has 0 saturated carbocycles. The van der Waals surface area contributed by atoms with Crippen LogP contribution in [0.15, 0.2) is 28.5 Å². The van der Waals surface area contributed by atoms with Crippen LogP contribution in [0.2, 0.25) is 4.34 Å². The second-order valence-corrected chi connectivity index (χ2v) is 7.57. The van der Waals surface area contributed by atoms with Gasteiger partial charge in [-0.2, -0.15) is 0 Å². The molecule has 0 radical (unpaired) electrons. The van der Waals surface area contributed by atoms with E-state index in [9.17, 15) is 13.5 Å². The number of ether oxygens (including phenoxy) is 1. The molecule has 0 aliphatic rings. The van der Waals surface area contributed by atoms with Crippen LogP contribution in [0.3, 0.4) is 0 Å². The average molecular weight is 334 g/mol. The highest BCUT2D eigenvalue weighted by Gasteiger charge is 2.20. The highest BCUT2D eigenvalue weighted by atomic mass is 35.5. The summed E-state index contributed by atoms with van der Waals surface area (Å²) in [6.45, 7) is 1.72. The molecule has 108 valence electrons. The summed E-state index contributed by atoms with van der Waals surface area (Å²) in [6, 6.07) is 5.78. The smallest absolute Gasteiger partial charge is 0.271 e. The lowest BCUT2D eigenvalue weighted by Gasteiger charge is -2.09. The molecule has 1 heterocycles. The summed E-state index contributed by atoms with van der Waals surface area (Å²) in [5.74, 6) is 0.216. The summed E-state index contributed by atoms with van der Waals surface area (Å²) in [5.41, 5.74) is 0.768. The average Bonchev–Trinajstić information content (AvgIpc) is 2.73. The fourth-order valence-electron chi connectivity index (χ4n) is 1.48. The summed E-state index contributed by atoms with van der Waals surface area (Å²) in [5, 5.41) is 9.76. The predicted molar refractivity (Wildman–Crippen MR) is 79.5 cm³/mol. The molecule has 2 rings (SSSR count). The Balaban J connectivity index is 2.33. The van der Waals surface area contributed by atoms with Gasteiger partial charge in [0.2, 0.25) is 0 Å². The first kappa shape index (κ1) is 15.0. The van der Waals surface area contributed by atoms with Crippen LogP contribution in [0.25, 0.3) is 0 Å². The minimum Gasteiger partial charge on any atom is -0.506 e. The van der Waals surface area contributed by atoms with Crippen LogP contribution < -0.4 is 9.46 Å². The topological polar surface area (TPSA) is 75.6 Å². The molecule has 8 heteroatoms. The number of sulfonamides is 1. The van der Waals surface area contributed by atoms with Gasteiger partial charge in [0.25, 0.3) is 10.0 Å². The van der Waals surface area contributed by atoms with Gasteiger partial charge in [-0.15, -0.1) is 11.3 Å². The van der Waals surface area contributed by atoms with E-state index in [4.69, 9.17) is 16.3 Å². The maximum atomic E-state index is 12.2. The summed E-state index contributed by atoms with van der Waals surface area (Å²) >= 11 is 6.83. The Morgan fingerprint density at radius 1 is 1.35 bits per heavy atom. The summed E-state index contributed by atoms with van der Waals surface area (Å²) in [7, 11) is -2.32. The number of aryl methyl sites for hydroxylation is 1. The fourth-order valence-corrected chi connectivity index (χ4v) is 4.27. The zero-order valence-corrected chi connectivity index (χ0v) is 13.1. The number of methoxy groups -OCH3 is 1. The van der Waals surface area contributed by atoms with Crippen LogP contribution in [0.5, 0.6) is 11.5 Å². The van der Waals surface area contributed by atoms with Gasteiger partial charge in [0.1, 0.15) is 15.7 Å². The normalized spacial score (nSPS) is 11.3. The first-order valence-electron chi connectivity index (χ1n) is 5.49. The molecule has 0 atom stereocenters. The van der Waals surface area contributed by atoms with Gasteiger partial charge in [-0.3, -0.25) is 4.72 Å². The van der Waals surface area contributed by atoms with Crippen LogP contribution in [-0.2, 0) is 10.0 Å². The third-order valence-electron chi connectivity index (χ3n) is 2.55.